The van der Waals surface area contributed by atoms with Crippen LogP contribution in [0.15, 0.2) is 75.8 Å². The Morgan fingerprint density at radius 3 is 1.19 bits per heavy atom. The molecule has 0 amide bonds. The van der Waals surface area contributed by atoms with Crippen LogP contribution in [0.2, 0.25) is 0 Å². The van der Waals surface area contributed by atoms with E-state index in [1.807, 2.05) is 48.5 Å². The first-order valence-electron chi connectivity index (χ1n) is 21.5. The lowest BCUT2D eigenvalue weighted by Crippen LogP contribution is -1.97. The number of hydrogen-bond acceptors (Lipinski definition) is 10. The summed E-state index contributed by atoms with van der Waals surface area (Å²) in [5.41, 5.74) is 2.02. The van der Waals surface area contributed by atoms with E-state index in [9.17, 15) is 10.1 Å². The first kappa shape index (κ1) is 43.1. The van der Waals surface area contributed by atoms with Gasteiger partial charge in [0.25, 0.3) is 17.5 Å². The van der Waals surface area contributed by atoms with Gasteiger partial charge in [-0.3, -0.25) is 10.1 Å². The predicted octanol–water partition coefficient (Wildman–Crippen LogP) is 13.6. The minimum atomic E-state index is -0.482. The lowest BCUT2D eigenvalue weighted by Gasteiger charge is -2.06. The molecule has 0 unspecified atom stereocenters. The van der Waals surface area contributed by atoms with E-state index in [-0.39, 0.29) is 17.5 Å². The van der Waals surface area contributed by atoms with Crippen molar-refractivity contribution in [2.24, 2.45) is 0 Å². The minimum absolute atomic E-state index is 0.129. The molecular weight excluding hydrogens is 719 g/mol. The van der Waals surface area contributed by atoms with Gasteiger partial charge in [0, 0.05) is 34.4 Å². The summed E-state index contributed by atoms with van der Waals surface area (Å²) in [5, 5.41) is 20.2. The molecule has 57 heavy (non-hydrogen) atoms. The Bertz CT molecular complexity index is 1740. The van der Waals surface area contributed by atoms with Crippen LogP contribution in [0.4, 0.5) is 5.69 Å². The first-order valence-corrected chi connectivity index (χ1v) is 21.5. The van der Waals surface area contributed by atoms with Gasteiger partial charge in [0.15, 0.2) is 0 Å². The van der Waals surface area contributed by atoms with Gasteiger partial charge in [-0.15, -0.1) is 0 Å². The molecule has 2 heterocycles. The number of ether oxygens (including phenoxy) is 2. The fourth-order valence-electron chi connectivity index (χ4n) is 6.84. The molecular formula is C46H61N5O6. The third-order valence-electron chi connectivity index (χ3n) is 10.2. The maximum Gasteiger partial charge on any atom is 0.271 e. The van der Waals surface area contributed by atoms with Gasteiger partial charge in [-0.1, -0.05) is 140 Å². The number of rotatable bonds is 29. The van der Waals surface area contributed by atoms with Gasteiger partial charge in [0.1, 0.15) is 11.5 Å². The molecule has 306 valence electrons. The molecule has 0 aliphatic heterocycles. The van der Waals surface area contributed by atoms with Gasteiger partial charge < -0.3 is 18.5 Å². The van der Waals surface area contributed by atoms with Crippen molar-refractivity contribution in [2.75, 3.05) is 13.2 Å². The number of benzene rings is 3. The molecule has 0 saturated carbocycles. The fraction of sp³-hybridized carbons (Fsp3) is 0.522. The molecule has 0 bridgehead atoms. The number of nitro benzene ring substituents is 1. The van der Waals surface area contributed by atoms with Crippen molar-refractivity contribution in [1.82, 2.24) is 20.3 Å². The highest BCUT2D eigenvalue weighted by Crippen LogP contribution is 2.33. The molecule has 0 fully saturated rings. The number of nitrogens with zero attached hydrogens (tertiary/aromatic N) is 5. The number of non-ortho nitro benzene ring substituents is 1. The number of nitro groups is 1. The van der Waals surface area contributed by atoms with Crippen molar-refractivity contribution in [3.63, 3.8) is 0 Å². The van der Waals surface area contributed by atoms with Crippen molar-refractivity contribution in [3.05, 3.63) is 76.8 Å². The molecule has 5 aromatic rings. The largest absolute Gasteiger partial charge is 0.494 e. The van der Waals surface area contributed by atoms with Crippen molar-refractivity contribution >= 4 is 5.69 Å². The van der Waals surface area contributed by atoms with Crippen LogP contribution in [0.3, 0.4) is 0 Å². The Labute approximate surface area is 338 Å². The van der Waals surface area contributed by atoms with E-state index >= 15 is 0 Å². The molecule has 11 heteroatoms. The summed E-state index contributed by atoms with van der Waals surface area (Å²) in [6, 6.07) is 19.5. The van der Waals surface area contributed by atoms with Crippen LogP contribution in [0.25, 0.3) is 45.7 Å². The van der Waals surface area contributed by atoms with Crippen LogP contribution >= 0.6 is 0 Å². The second-order valence-electron chi connectivity index (χ2n) is 15.0. The van der Waals surface area contributed by atoms with E-state index in [1.165, 1.54) is 128 Å². The lowest BCUT2D eigenvalue weighted by molar-refractivity contribution is -0.384. The topological polar surface area (TPSA) is 139 Å². The number of aromatic nitrogens is 4. The maximum absolute atomic E-state index is 11.9. The molecule has 0 N–H and O–H groups in total. The molecule has 0 saturated heterocycles. The molecule has 2 aromatic heterocycles. The summed E-state index contributed by atoms with van der Waals surface area (Å²) < 4.78 is 23.0. The minimum Gasteiger partial charge on any atom is -0.494 e. The molecule has 0 atom stereocenters. The summed E-state index contributed by atoms with van der Waals surface area (Å²) in [6.45, 7) is 5.87. The maximum atomic E-state index is 11.9. The van der Waals surface area contributed by atoms with Crippen LogP contribution < -0.4 is 9.47 Å². The Morgan fingerprint density at radius 2 is 0.842 bits per heavy atom. The van der Waals surface area contributed by atoms with Crippen LogP contribution in [-0.4, -0.2) is 38.4 Å². The summed E-state index contributed by atoms with van der Waals surface area (Å²) in [5.74, 6) is 2.54. The van der Waals surface area contributed by atoms with Gasteiger partial charge in [0.2, 0.25) is 11.6 Å². The van der Waals surface area contributed by atoms with Gasteiger partial charge in [-0.2, -0.15) is 9.97 Å². The van der Waals surface area contributed by atoms with Crippen LogP contribution in [-0.2, 0) is 0 Å². The molecule has 0 aliphatic rings. The van der Waals surface area contributed by atoms with E-state index in [0.717, 1.165) is 35.5 Å². The van der Waals surface area contributed by atoms with Gasteiger partial charge in [0.05, 0.1) is 18.1 Å². The summed E-state index contributed by atoms with van der Waals surface area (Å²) in [6.07, 6.45) is 25.6. The Kier molecular flexibility index (Phi) is 18.5. The average Bonchev–Trinajstić information content (AvgIpc) is 3.94. The van der Waals surface area contributed by atoms with E-state index in [2.05, 4.69) is 34.1 Å². The second kappa shape index (κ2) is 24.5. The van der Waals surface area contributed by atoms with E-state index in [1.54, 1.807) is 6.07 Å². The first-order chi connectivity index (χ1) is 28.0. The van der Waals surface area contributed by atoms with Gasteiger partial charge in [-0.05, 0) is 67.4 Å². The quantitative estimate of drug-likeness (QED) is 0.0262. The van der Waals surface area contributed by atoms with Crippen molar-refractivity contribution in [2.45, 2.75) is 142 Å². The van der Waals surface area contributed by atoms with Gasteiger partial charge >= 0.3 is 0 Å². The Balaban J connectivity index is 1.09. The fourth-order valence-corrected chi connectivity index (χ4v) is 6.84. The van der Waals surface area contributed by atoms with Crippen molar-refractivity contribution in [1.29, 1.82) is 0 Å². The molecule has 11 nitrogen and oxygen atoms in total. The van der Waals surface area contributed by atoms with Crippen LogP contribution in [0.1, 0.15) is 142 Å². The highest BCUT2D eigenvalue weighted by molar-refractivity contribution is 5.71. The van der Waals surface area contributed by atoms with Crippen molar-refractivity contribution in [3.8, 4) is 57.2 Å². The lowest BCUT2D eigenvalue weighted by atomic mass is 10.1. The highest BCUT2D eigenvalue weighted by atomic mass is 16.6. The van der Waals surface area contributed by atoms with Gasteiger partial charge in [-0.25, -0.2) is 0 Å². The smallest absolute Gasteiger partial charge is 0.271 e. The average molecular weight is 780 g/mol. The predicted molar refractivity (Wildman–Crippen MR) is 225 cm³/mol. The highest BCUT2D eigenvalue weighted by Gasteiger charge is 2.20. The molecule has 0 aliphatic carbocycles. The summed E-state index contributed by atoms with van der Waals surface area (Å²) in [7, 11) is 0. The monoisotopic (exact) mass is 779 g/mol. The second-order valence-corrected chi connectivity index (χ2v) is 15.0. The third-order valence-corrected chi connectivity index (χ3v) is 10.2. The van der Waals surface area contributed by atoms with Crippen LogP contribution in [0, 0.1) is 10.1 Å². The van der Waals surface area contributed by atoms with Crippen LogP contribution in [0.5, 0.6) is 11.5 Å². The number of unbranched alkanes of at least 4 members (excludes halogenated alkanes) is 18. The molecule has 0 radical (unpaired) electrons. The summed E-state index contributed by atoms with van der Waals surface area (Å²) >= 11 is 0. The van der Waals surface area contributed by atoms with Crippen molar-refractivity contribution < 1.29 is 23.4 Å². The Hall–Kier alpha value is -5.06. The Morgan fingerprint density at radius 1 is 0.491 bits per heavy atom. The van der Waals surface area contributed by atoms with E-state index < -0.39 is 4.92 Å². The summed E-state index contributed by atoms with van der Waals surface area (Å²) in [4.78, 5) is 20.5. The molecule has 5 rings (SSSR count). The zero-order valence-electron chi connectivity index (χ0n) is 34.1. The third kappa shape index (κ3) is 14.8. The molecule has 3 aromatic carbocycles. The zero-order valence-corrected chi connectivity index (χ0v) is 34.1. The van der Waals surface area contributed by atoms with E-state index in [0.29, 0.717) is 36.0 Å². The van der Waals surface area contributed by atoms with E-state index in [4.69, 9.17) is 18.5 Å². The normalized spacial score (nSPS) is 11.3. The SMILES string of the molecule is CCCCCCCCCCCCOc1ccc(-c2noc(-c3cc(-c4nc(-c5ccc(OCCCCCCCCCCCC)cc5)no4)cc([N+](=O)[O-])c3)n2)cc1. The molecule has 0 spiro atoms. The number of hydrogen-bond donors (Lipinski definition) is 0. The zero-order chi connectivity index (χ0) is 39.9. The standard InChI is InChI=1S/C46H61N5O6/c1-3-5-7-9-11-13-15-17-19-21-31-54-41-27-23-36(24-28-41)43-47-45(56-49-43)38-33-39(35-40(34-38)51(52)53)46-48-44(50-57-46)37-25-29-42(30-26-37)55-32-22-20-18-16-14-12-10-8-6-4-2/h23-30,33-35H,3-22,31-32H2,1-2H3.